The van der Waals surface area contributed by atoms with Gasteiger partial charge in [-0.1, -0.05) is 27.7 Å². The predicted molar refractivity (Wildman–Crippen MR) is 88.7 cm³/mol. The average Bonchev–Trinajstić information content (AvgIpc) is 2.69. The minimum Gasteiger partial charge on any atom is -0.393 e. The standard InChI is InChI=1S/C20H32O3/c1-11-12-5-6-13-19(4)8-7-15(21)18(2,3)14(19)9-16(22)20(13,10-12)17(11)23/h11-16,21-22H,5-10H2,1-4H3/t11-,12-,13+,14-,15-,16-,19+,20-/m1/s1. The summed E-state index contributed by atoms with van der Waals surface area (Å²) in [5.74, 6) is 1.54. The molecule has 2 bridgehead atoms. The number of fused-ring (bicyclic) bond motifs is 3. The highest BCUT2D eigenvalue weighted by Crippen LogP contribution is 2.71. The molecule has 4 rings (SSSR count). The lowest BCUT2D eigenvalue weighted by Crippen LogP contribution is -2.65. The van der Waals surface area contributed by atoms with Crippen molar-refractivity contribution in [2.75, 3.05) is 0 Å². The molecule has 0 unspecified atom stereocenters. The van der Waals surface area contributed by atoms with E-state index in [-0.39, 0.29) is 22.9 Å². The average molecular weight is 320 g/mol. The van der Waals surface area contributed by atoms with Crippen LogP contribution < -0.4 is 0 Å². The monoisotopic (exact) mass is 320 g/mol. The highest BCUT2D eigenvalue weighted by atomic mass is 16.3. The van der Waals surface area contributed by atoms with Crippen LogP contribution in [0, 0.1) is 39.9 Å². The molecule has 0 aromatic carbocycles. The second-order valence-electron chi connectivity index (χ2n) is 9.97. The normalized spacial score (nSPS) is 57.7. The Morgan fingerprint density at radius 3 is 2.39 bits per heavy atom. The van der Waals surface area contributed by atoms with E-state index in [2.05, 4.69) is 27.7 Å². The minimum atomic E-state index is -0.518. The lowest BCUT2D eigenvalue weighted by molar-refractivity contribution is -0.216. The molecule has 0 amide bonds. The molecule has 23 heavy (non-hydrogen) atoms. The number of carbonyl (C=O) groups is 1. The molecule has 4 fully saturated rings. The zero-order chi connectivity index (χ0) is 16.8. The fourth-order valence-electron chi connectivity index (χ4n) is 7.60. The van der Waals surface area contributed by atoms with E-state index in [1.807, 2.05) is 0 Å². The number of hydrogen-bond acceptors (Lipinski definition) is 3. The van der Waals surface area contributed by atoms with Crippen molar-refractivity contribution in [1.29, 1.82) is 0 Å². The van der Waals surface area contributed by atoms with Crippen molar-refractivity contribution in [3.63, 3.8) is 0 Å². The summed E-state index contributed by atoms with van der Waals surface area (Å²) in [4.78, 5) is 13.2. The maximum Gasteiger partial charge on any atom is 0.144 e. The third-order valence-electron chi connectivity index (χ3n) is 8.99. The number of aliphatic hydroxyl groups excluding tert-OH is 2. The van der Waals surface area contributed by atoms with Gasteiger partial charge in [0.25, 0.3) is 0 Å². The molecule has 8 atom stereocenters. The van der Waals surface area contributed by atoms with Crippen LogP contribution in [0.1, 0.15) is 66.2 Å². The van der Waals surface area contributed by atoms with Crippen LogP contribution in [0.3, 0.4) is 0 Å². The van der Waals surface area contributed by atoms with Crippen LogP contribution in [0.15, 0.2) is 0 Å². The maximum absolute atomic E-state index is 13.2. The Kier molecular flexibility index (Phi) is 3.22. The van der Waals surface area contributed by atoms with Crippen molar-refractivity contribution >= 4 is 5.78 Å². The molecule has 0 radical (unpaired) electrons. The SMILES string of the molecule is C[C@H]1C(=O)[C@]23C[C@H]1CC[C@H]2[C@]1(C)CC[C@@H](O)C(C)(C)[C@H]1C[C@H]3O. The first-order valence-corrected chi connectivity index (χ1v) is 9.56. The van der Waals surface area contributed by atoms with Crippen molar-refractivity contribution in [2.24, 2.45) is 39.9 Å². The second-order valence-corrected chi connectivity index (χ2v) is 9.97. The molecule has 4 aliphatic rings. The quantitative estimate of drug-likeness (QED) is 0.721. The molecule has 0 aromatic rings. The van der Waals surface area contributed by atoms with Gasteiger partial charge in [0, 0.05) is 5.92 Å². The Bertz CT molecular complexity index is 541. The Labute approximate surface area is 139 Å². The molecule has 1 spiro atoms. The first-order valence-electron chi connectivity index (χ1n) is 9.56. The topological polar surface area (TPSA) is 57.5 Å². The lowest BCUT2D eigenvalue weighted by Gasteiger charge is -2.65. The van der Waals surface area contributed by atoms with Gasteiger partial charge in [0.05, 0.1) is 17.6 Å². The number of carbonyl (C=O) groups excluding carboxylic acids is 1. The van der Waals surface area contributed by atoms with Crippen molar-refractivity contribution in [3.8, 4) is 0 Å². The van der Waals surface area contributed by atoms with Crippen molar-refractivity contribution in [3.05, 3.63) is 0 Å². The van der Waals surface area contributed by atoms with Crippen molar-refractivity contribution in [1.82, 2.24) is 0 Å². The maximum atomic E-state index is 13.2. The van der Waals surface area contributed by atoms with Crippen molar-refractivity contribution in [2.45, 2.75) is 78.4 Å². The molecule has 0 heterocycles. The summed E-state index contributed by atoms with van der Waals surface area (Å²) in [6.45, 7) is 8.77. The van der Waals surface area contributed by atoms with Gasteiger partial charge in [-0.15, -0.1) is 0 Å². The summed E-state index contributed by atoms with van der Waals surface area (Å²) in [6, 6.07) is 0. The molecule has 2 N–H and O–H groups in total. The first kappa shape index (κ1) is 16.1. The number of Topliss-reactive ketones (excluding diaryl/α,β-unsaturated/α-hetero) is 1. The molecule has 3 nitrogen and oxygen atoms in total. The van der Waals surface area contributed by atoms with Gasteiger partial charge < -0.3 is 10.2 Å². The predicted octanol–water partition coefficient (Wildman–Crippen LogP) is 3.18. The zero-order valence-corrected chi connectivity index (χ0v) is 15.0. The molecule has 4 saturated carbocycles. The van der Waals surface area contributed by atoms with Crippen LogP contribution >= 0.6 is 0 Å². The summed E-state index contributed by atoms with van der Waals surface area (Å²) in [6.07, 6.45) is 4.82. The van der Waals surface area contributed by atoms with Crippen LogP contribution in [0.4, 0.5) is 0 Å². The van der Waals surface area contributed by atoms with Crippen molar-refractivity contribution < 1.29 is 15.0 Å². The van der Waals surface area contributed by atoms with Gasteiger partial charge >= 0.3 is 0 Å². The third kappa shape index (κ3) is 1.71. The summed E-state index contributed by atoms with van der Waals surface area (Å²) in [5, 5.41) is 21.7. The molecule has 0 aliphatic heterocycles. The number of aliphatic hydroxyl groups is 2. The van der Waals surface area contributed by atoms with Gasteiger partial charge in [0.2, 0.25) is 0 Å². The molecule has 130 valence electrons. The van der Waals surface area contributed by atoms with Gasteiger partial charge in [0.1, 0.15) is 5.78 Å². The van der Waals surface area contributed by atoms with Crippen LogP contribution in [0.5, 0.6) is 0 Å². The molecule has 4 aliphatic carbocycles. The Morgan fingerprint density at radius 2 is 1.70 bits per heavy atom. The summed E-state index contributed by atoms with van der Waals surface area (Å²) in [5.41, 5.74) is -0.585. The highest BCUT2D eigenvalue weighted by molar-refractivity contribution is 5.91. The molecular weight excluding hydrogens is 288 g/mol. The highest BCUT2D eigenvalue weighted by Gasteiger charge is 2.71. The fourth-order valence-corrected chi connectivity index (χ4v) is 7.60. The summed E-state index contributed by atoms with van der Waals surface area (Å²) >= 11 is 0. The van der Waals surface area contributed by atoms with E-state index in [1.54, 1.807) is 0 Å². The van der Waals surface area contributed by atoms with Gasteiger partial charge in [-0.05, 0) is 67.1 Å². The van der Waals surface area contributed by atoms with E-state index in [9.17, 15) is 15.0 Å². The minimum absolute atomic E-state index is 0.0760. The molecular formula is C20H32O3. The molecule has 3 heteroatoms. The fraction of sp³-hybridized carbons (Fsp3) is 0.950. The van der Waals surface area contributed by atoms with Gasteiger partial charge in [-0.25, -0.2) is 0 Å². The van der Waals surface area contributed by atoms with Crippen LogP contribution in [0.25, 0.3) is 0 Å². The molecule has 0 aromatic heterocycles. The van der Waals surface area contributed by atoms with E-state index in [0.29, 0.717) is 30.0 Å². The second kappa shape index (κ2) is 4.60. The zero-order valence-electron chi connectivity index (χ0n) is 15.0. The summed E-state index contributed by atoms with van der Waals surface area (Å²) in [7, 11) is 0. The lowest BCUT2D eigenvalue weighted by atomic mass is 9.40. The van der Waals surface area contributed by atoms with Crippen LogP contribution in [-0.4, -0.2) is 28.2 Å². The van der Waals surface area contributed by atoms with E-state index in [4.69, 9.17) is 0 Å². The Balaban J connectivity index is 1.82. The number of hydrogen-bond donors (Lipinski definition) is 2. The largest absolute Gasteiger partial charge is 0.393 e. The van der Waals surface area contributed by atoms with E-state index < -0.39 is 11.5 Å². The number of ketones is 1. The van der Waals surface area contributed by atoms with E-state index in [1.165, 1.54) is 0 Å². The molecule has 0 saturated heterocycles. The van der Waals surface area contributed by atoms with E-state index in [0.717, 1.165) is 32.1 Å². The van der Waals surface area contributed by atoms with Crippen LogP contribution in [-0.2, 0) is 4.79 Å². The Morgan fingerprint density at radius 1 is 1.00 bits per heavy atom. The van der Waals surface area contributed by atoms with Gasteiger partial charge in [0.15, 0.2) is 0 Å². The van der Waals surface area contributed by atoms with E-state index >= 15 is 0 Å². The first-order chi connectivity index (χ1) is 10.7. The van der Waals surface area contributed by atoms with Gasteiger partial charge in [-0.2, -0.15) is 0 Å². The van der Waals surface area contributed by atoms with Crippen LogP contribution in [0.2, 0.25) is 0 Å². The smallest absolute Gasteiger partial charge is 0.144 e. The Hall–Kier alpha value is -0.410. The van der Waals surface area contributed by atoms with Gasteiger partial charge in [-0.3, -0.25) is 4.79 Å². The third-order valence-corrected chi connectivity index (χ3v) is 8.99. The number of rotatable bonds is 0. The summed E-state index contributed by atoms with van der Waals surface area (Å²) < 4.78 is 0.